The molecule has 0 fully saturated rings. The summed E-state index contributed by atoms with van der Waals surface area (Å²) in [6.45, 7) is 0. The monoisotopic (exact) mass is 208 g/mol. The molecule has 2 aromatic rings. The highest BCUT2D eigenvalue weighted by Crippen LogP contribution is 2.28. The van der Waals surface area contributed by atoms with E-state index >= 15 is 0 Å². The van der Waals surface area contributed by atoms with E-state index in [4.69, 9.17) is 11.8 Å². The van der Waals surface area contributed by atoms with Crippen LogP contribution in [0.1, 0.15) is 0 Å². The molecular formula is C9H5ClN2S. The number of aliphatic imine (C=N–C) groups is 1. The molecule has 13 heavy (non-hydrogen) atoms. The summed E-state index contributed by atoms with van der Waals surface area (Å²) in [4.78, 5) is 3.92. The average molecular weight is 209 g/mol. The zero-order chi connectivity index (χ0) is 9.26. The summed E-state index contributed by atoms with van der Waals surface area (Å²) in [7, 11) is 0. The van der Waals surface area contributed by atoms with Crippen molar-refractivity contribution < 1.29 is 0 Å². The van der Waals surface area contributed by atoms with Crippen molar-refractivity contribution in [3.05, 3.63) is 30.5 Å². The second-order valence-corrected chi connectivity index (χ2v) is 3.09. The van der Waals surface area contributed by atoms with Crippen LogP contribution in [0.5, 0.6) is 0 Å². The highest BCUT2D eigenvalue weighted by molar-refractivity contribution is 7.78. The summed E-state index contributed by atoms with van der Waals surface area (Å²) in [6, 6.07) is 7.72. The summed E-state index contributed by atoms with van der Waals surface area (Å²) in [5, 5.41) is 3.31. The van der Waals surface area contributed by atoms with Crippen LogP contribution in [0.4, 0.5) is 5.69 Å². The van der Waals surface area contributed by atoms with Crippen LogP contribution in [0.2, 0.25) is 0 Å². The van der Waals surface area contributed by atoms with Crippen LogP contribution in [-0.4, -0.2) is 9.25 Å². The zero-order valence-corrected chi connectivity index (χ0v) is 8.14. The van der Waals surface area contributed by atoms with Gasteiger partial charge in [0.1, 0.15) is 5.69 Å². The molecule has 0 atom stereocenters. The van der Waals surface area contributed by atoms with E-state index in [0.29, 0.717) is 0 Å². The van der Waals surface area contributed by atoms with Crippen LogP contribution < -0.4 is 0 Å². The molecule has 0 unspecified atom stereocenters. The van der Waals surface area contributed by atoms with E-state index in [1.807, 2.05) is 24.3 Å². The fourth-order valence-corrected chi connectivity index (χ4v) is 1.60. The van der Waals surface area contributed by atoms with Gasteiger partial charge in [0, 0.05) is 23.4 Å². The fourth-order valence-electron chi connectivity index (χ4n) is 1.26. The number of hydrogen-bond donors (Lipinski definition) is 0. The predicted octanol–water partition coefficient (Wildman–Crippen LogP) is 3.38. The second kappa shape index (κ2) is 3.30. The van der Waals surface area contributed by atoms with Gasteiger partial charge >= 0.3 is 0 Å². The van der Waals surface area contributed by atoms with Crippen molar-refractivity contribution in [3.63, 3.8) is 0 Å². The topological polar surface area (TPSA) is 17.3 Å². The Balaban J connectivity index is 2.85. The Morgan fingerprint density at radius 2 is 2.15 bits per heavy atom. The molecule has 2 nitrogen and oxygen atoms in total. The van der Waals surface area contributed by atoms with Gasteiger partial charge in [0.2, 0.25) is 0 Å². The van der Waals surface area contributed by atoms with Gasteiger partial charge in [0.05, 0.1) is 10.7 Å². The van der Waals surface area contributed by atoms with Crippen molar-refractivity contribution in [3.8, 4) is 0 Å². The largest absolute Gasteiger partial charge is 0.258 e. The summed E-state index contributed by atoms with van der Waals surface area (Å²) in [5.74, 6) is 0. The highest BCUT2D eigenvalue weighted by atomic mass is 35.5. The van der Waals surface area contributed by atoms with Gasteiger partial charge in [0.25, 0.3) is 0 Å². The quantitative estimate of drug-likeness (QED) is 0.519. The van der Waals surface area contributed by atoms with Gasteiger partial charge < -0.3 is 0 Å². The van der Waals surface area contributed by atoms with Crippen molar-refractivity contribution in [1.29, 1.82) is 0 Å². The Bertz CT molecular complexity index is 497. The maximum absolute atomic E-state index is 5.91. The molecule has 0 aliphatic rings. The van der Waals surface area contributed by atoms with E-state index in [-0.39, 0.29) is 0 Å². The average Bonchev–Trinajstić information content (AvgIpc) is 2.46. The molecule has 0 aliphatic heterocycles. The number of fused-ring (bicyclic) bond motifs is 1. The van der Waals surface area contributed by atoms with Gasteiger partial charge in [-0.3, -0.25) is 4.09 Å². The minimum absolute atomic E-state index is 0.751. The number of hydrogen-bond acceptors (Lipinski definition) is 2. The Labute approximate surface area is 85.6 Å². The molecule has 2 rings (SSSR count). The van der Waals surface area contributed by atoms with Gasteiger partial charge in [-0.05, 0) is 18.3 Å². The molecular weight excluding hydrogens is 204 g/mol. The zero-order valence-electron chi connectivity index (χ0n) is 6.57. The number of para-hydroxylation sites is 1. The van der Waals surface area contributed by atoms with Crippen LogP contribution >= 0.6 is 24.0 Å². The lowest BCUT2D eigenvalue weighted by Gasteiger charge is -1.89. The van der Waals surface area contributed by atoms with Crippen LogP contribution in [0.3, 0.4) is 0 Å². The maximum Gasteiger partial charge on any atom is 0.101 e. The first-order valence-electron chi connectivity index (χ1n) is 3.67. The maximum atomic E-state index is 5.91. The van der Waals surface area contributed by atoms with E-state index in [1.165, 1.54) is 4.09 Å². The number of aromatic nitrogens is 1. The Morgan fingerprint density at radius 1 is 1.38 bits per heavy atom. The number of benzene rings is 1. The third-order valence-electron chi connectivity index (χ3n) is 1.81. The van der Waals surface area contributed by atoms with Crippen LogP contribution in [0.25, 0.3) is 10.9 Å². The summed E-state index contributed by atoms with van der Waals surface area (Å²) >= 11 is 10.4. The molecule has 1 aromatic carbocycles. The lowest BCUT2D eigenvalue weighted by atomic mass is 10.2. The van der Waals surface area contributed by atoms with Crippen molar-refractivity contribution in [2.75, 3.05) is 0 Å². The van der Waals surface area contributed by atoms with E-state index in [1.54, 1.807) is 6.20 Å². The number of thiocarbonyl (C=S) groups is 1. The summed E-state index contributed by atoms with van der Waals surface area (Å²) < 4.78 is 1.50. The molecule has 0 radical (unpaired) electrons. The number of isothiocyanates is 1. The normalized spacial score (nSPS) is 9.92. The first-order valence-corrected chi connectivity index (χ1v) is 4.41. The molecule has 0 N–H and O–H groups in total. The molecule has 0 aliphatic carbocycles. The number of rotatable bonds is 1. The van der Waals surface area contributed by atoms with Crippen molar-refractivity contribution in [1.82, 2.24) is 4.09 Å². The third kappa shape index (κ3) is 1.38. The lowest BCUT2D eigenvalue weighted by molar-refractivity contribution is 1.32. The Kier molecular flexibility index (Phi) is 2.15. The highest BCUT2D eigenvalue weighted by Gasteiger charge is 2.04. The molecule has 0 saturated carbocycles. The molecule has 0 amide bonds. The Morgan fingerprint density at radius 3 is 2.92 bits per heavy atom. The SMILES string of the molecule is S=C=Nc1cn(Cl)c2ccccc12. The number of nitrogens with zero attached hydrogens (tertiary/aromatic N) is 2. The van der Waals surface area contributed by atoms with Crippen LogP contribution in [0, 0.1) is 0 Å². The predicted molar refractivity (Wildman–Crippen MR) is 57.9 cm³/mol. The molecule has 1 aromatic heterocycles. The molecule has 0 spiro atoms. The molecule has 0 saturated heterocycles. The molecule has 4 heteroatoms. The van der Waals surface area contributed by atoms with E-state index < -0.39 is 0 Å². The second-order valence-electron chi connectivity index (χ2n) is 2.55. The third-order valence-corrected chi connectivity index (χ3v) is 2.18. The summed E-state index contributed by atoms with van der Waals surface area (Å²) in [5.41, 5.74) is 1.67. The first-order chi connectivity index (χ1) is 6.33. The van der Waals surface area contributed by atoms with Crippen molar-refractivity contribution >= 4 is 45.7 Å². The summed E-state index contributed by atoms with van der Waals surface area (Å²) in [6.07, 6.45) is 1.71. The van der Waals surface area contributed by atoms with E-state index in [0.717, 1.165) is 16.6 Å². The van der Waals surface area contributed by atoms with Gasteiger partial charge in [-0.15, -0.1) is 0 Å². The number of halogens is 1. The van der Waals surface area contributed by atoms with Crippen LogP contribution in [0.15, 0.2) is 35.5 Å². The van der Waals surface area contributed by atoms with Gasteiger partial charge in [-0.25, -0.2) is 0 Å². The van der Waals surface area contributed by atoms with E-state index in [9.17, 15) is 0 Å². The fraction of sp³-hybridized carbons (Fsp3) is 0. The minimum Gasteiger partial charge on any atom is -0.258 e. The van der Waals surface area contributed by atoms with Crippen LogP contribution in [-0.2, 0) is 0 Å². The Hall–Kier alpha value is -1.15. The van der Waals surface area contributed by atoms with Gasteiger partial charge in [-0.2, -0.15) is 4.99 Å². The standard InChI is InChI=1S/C9H5ClN2S/c10-12-5-8(11-6-13)7-3-1-2-4-9(7)12/h1-5H. The smallest absolute Gasteiger partial charge is 0.101 e. The molecule has 64 valence electrons. The lowest BCUT2D eigenvalue weighted by Crippen LogP contribution is -1.72. The van der Waals surface area contributed by atoms with Crippen molar-refractivity contribution in [2.45, 2.75) is 0 Å². The first kappa shape index (κ1) is 8.45. The minimum atomic E-state index is 0.751. The van der Waals surface area contributed by atoms with Gasteiger partial charge in [0.15, 0.2) is 0 Å². The molecule has 1 heterocycles. The van der Waals surface area contributed by atoms with Gasteiger partial charge in [-0.1, -0.05) is 18.2 Å². The van der Waals surface area contributed by atoms with Crippen molar-refractivity contribution in [2.24, 2.45) is 4.99 Å². The molecule has 0 bridgehead atoms. The van der Waals surface area contributed by atoms with E-state index in [2.05, 4.69) is 22.4 Å².